The maximum Gasteiger partial charge on any atom is 0.253 e. The molecule has 0 radical (unpaired) electrons. The van der Waals surface area contributed by atoms with E-state index in [9.17, 15) is 13.2 Å². The number of fused-ring (bicyclic) bond motifs is 2. The second kappa shape index (κ2) is 12.8. The minimum Gasteiger partial charge on any atom is -0.496 e. The second-order valence-electron chi connectivity index (χ2n) is 12.9. The van der Waals surface area contributed by atoms with E-state index in [1.54, 1.807) is 36.4 Å². The minimum absolute atomic E-state index is 0.0570. The molecule has 48 heavy (non-hydrogen) atoms. The molecule has 0 spiro atoms. The summed E-state index contributed by atoms with van der Waals surface area (Å²) in [4.78, 5) is 29.5. The molecule has 5 aromatic rings. The zero-order chi connectivity index (χ0) is 33.6. The van der Waals surface area contributed by atoms with Gasteiger partial charge in [0.15, 0.2) is 10.7 Å². The highest BCUT2D eigenvalue weighted by Crippen LogP contribution is 2.38. The number of hydrogen-bond acceptors (Lipinski definition) is 8. The van der Waals surface area contributed by atoms with Gasteiger partial charge in [-0.2, -0.15) is 0 Å². The van der Waals surface area contributed by atoms with Crippen molar-refractivity contribution >= 4 is 26.9 Å². The number of ether oxygens (including phenoxy) is 2. The van der Waals surface area contributed by atoms with Gasteiger partial charge in [-0.25, -0.2) is 18.4 Å². The normalized spacial score (nSPS) is 16.6. The molecule has 4 heterocycles. The van der Waals surface area contributed by atoms with Gasteiger partial charge in [-0.15, -0.1) is 0 Å². The van der Waals surface area contributed by atoms with Gasteiger partial charge in [-0.3, -0.25) is 4.79 Å². The molecule has 1 atom stereocenters. The molecule has 1 amide bonds. The predicted molar refractivity (Wildman–Crippen MR) is 184 cm³/mol. The van der Waals surface area contributed by atoms with Crippen LogP contribution in [0.3, 0.4) is 0 Å². The van der Waals surface area contributed by atoms with Crippen molar-refractivity contribution in [1.82, 2.24) is 24.8 Å². The number of methoxy groups -OCH3 is 1. The first kappa shape index (κ1) is 32.0. The third-order valence-electron chi connectivity index (χ3n) is 9.43. The summed E-state index contributed by atoms with van der Waals surface area (Å²) >= 11 is 0. The molecule has 0 unspecified atom stereocenters. The molecule has 2 aliphatic heterocycles. The lowest BCUT2D eigenvalue weighted by Gasteiger charge is -2.27. The van der Waals surface area contributed by atoms with E-state index in [4.69, 9.17) is 9.47 Å². The Morgan fingerprint density at radius 2 is 1.92 bits per heavy atom. The van der Waals surface area contributed by atoms with Crippen LogP contribution >= 0.6 is 0 Å². The van der Waals surface area contributed by atoms with Gasteiger partial charge >= 0.3 is 0 Å². The Labute approximate surface area is 280 Å². The summed E-state index contributed by atoms with van der Waals surface area (Å²) in [5.74, 6) is 1.05. The Morgan fingerprint density at radius 1 is 1.10 bits per heavy atom. The van der Waals surface area contributed by atoms with Crippen molar-refractivity contribution in [2.24, 2.45) is 5.92 Å². The molecule has 3 aromatic carbocycles. The fourth-order valence-corrected chi connectivity index (χ4v) is 8.19. The monoisotopic (exact) mass is 665 g/mol. The molecular weight excluding hydrogens is 627 g/mol. The van der Waals surface area contributed by atoms with E-state index in [0.717, 1.165) is 66.1 Å². The maximum atomic E-state index is 14.4. The van der Waals surface area contributed by atoms with Gasteiger partial charge in [0.25, 0.3) is 5.91 Å². The molecule has 11 heteroatoms. The molecule has 2 aliphatic rings. The number of aromatic nitrogens is 3. The van der Waals surface area contributed by atoms with Gasteiger partial charge in [-0.1, -0.05) is 30.3 Å². The summed E-state index contributed by atoms with van der Waals surface area (Å²) in [6.45, 7) is 5.64. The number of amides is 1. The zero-order valence-corrected chi connectivity index (χ0v) is 28.4. The Kier molecular flexibility index (Phi) is 8.53. The number of aryl methyl sites for hydroxylation is 1. The fourth-order valence-electron chi connectivity index (χ4n) is 6.74. The number of carbonyl (C=O) groups excluding carboxylic acids is 1. The summed E-state index contributed by atoms with van der Waals surface area (Å²) in [5.41, 5.74) is 7.43. The highest BCUT2D eigenvalue weighted by atomic mass is 32.2. The average Bonchev–Trinajstić information content (AvgIpc) is 3.77. The maximum absolute atomic E-state index is 14.4. The molecule has 0 bridgehead atoms. The number of nitrogens with zero attached hydrogens (tertiary/aromatic N) is 4. The van der Waals surface area contributed by atoms with E-state index in [-0.39, 0.29) is 15.8 Å². The lowest BCUT2D eigenvalue weighted by molar-refractivity contribution is 0.0766. The smallest absolute Gasteiger partial charge is 0.253 e. The molecule has 0 saturated carbocycles. The Bertz CT molecular complexity index is 2100. The van der Waals surface area contributed by atoms with E-state index < -0.39 is 9.84 Å². The number of likely N-dealkylation sites (N-methyl/N-ethyl adjacent to an activating group) is 1. The predicted octanol–water partition coefficient (Wildman–Crippen LogP) is 5.54. The Hall–Kier alpha value is -4.58. The van der Waals surface area contributed by atoms with Gasteiger partial charge in [0.1, 0.15) is 11.3 Å². The summed E-state index contributed by atoms with van der Waals surface area (Å²) in [6, 6.07) is 16.8. The average molecular weight is 666 g/mol. The number of sulfone groups is 1. The second-order valence-corrected chi connectivity index (χ2v) is 14.8. The first-order valence-electron chi connectivity index (χ1n) is 16.1. The van der Waals surface area contributed by atoms with E-state index in [2.05, 4.69) is 33.0 Å². The highest BCUT2D eigenvalue weighted by Gasteiger charge is 2.28. The van der Waals surface area contributed by atoms with Crippen molar-refractivity contribution in [3.05, 3.63) is 89.2 Å². The fraction of sp³-hybridized carbons (Fsp3) is 0.324. The third kappa shape index (κ3) is 5.98. The van der Waals surface area contributed by atoms with Crippen molar-refractivity contribution in [3.63, 3.8) is 0 Å². The Balaban J connectivity index is 1.22. The molecule has 10 nitrogen and oxygen atoms in total. The molecule has 7 rings (SSSR count). The van der Waals surface area contributed by atoms with Gasteiger partial charge in [0.2, 0.25) is 9.84 Å². The van der Waals surface area contributed by atoms with Gasteiger partial charge in [-0.05, 0) is 73.3 Å². The third-order valence-corrected chi connectivity index (χ3v) is 11.1. The molecular formula is C37H39N5O5S. The van der Waals surface area contributed by atoms with Gasteiger partial charge < -0.3 is 24.3 Å². The number of benzene rings is 3. The van der Waals surface area contributed by atoms with Crippen LogP contribution in [0.15, 0.2) is 76.9 Å². The number of aromatic amines is 1. The first-order chi connectivity index (χ1) is 23.1. The van der Waals surface area contributed by atoms with Crippen molar-refractivity contribution in [3.8, 4) is 28.0 Å². The van der Waals surface area contributed by atoms with Crippen molar-refractivity contribution < 1.29 is 22.7 Å². The van der Waals surface area contributed by atoms with Crippen LogP contribution in [0.5, 0.6) is 5.75 Å². The molecule has 2 aromatic heterocycles. The van der Waals surface area contributed by atoms with Gasteiger partial charge in [0.05, 0.1) is 24.8 Å². The molecule has 248 valence electrons. The molecule has 0 aliphatic carbocycles. The number of nitrogens with one attached hydrogen (secondary N) is 1. The standard InChI is InChI=1S/C37H39N5O5S/c1-23-5-10-29(28-16-27-11-13-41(2)21-31(27)32(17-28)46-4)33(15-23)48(44,45)34-19-39-36-35(40-34)30(18-38-36)25-6-8-26(9-7-25)37(43)42(3)20-24-12-14-47-22-24/h5-10,15-19,24H,11-14,20-22H2,1-4H3,(H,38,39)/t24-/m0/s1. The first-order valence-corrected chi connectivity index (χ1v) is 17.6. The number of hydrogen-bond donors (Lipinski definition) is 1. The minimum atomic E-state index is -4.09. The summed E-state index contributed by atoms with van der Waals surface area (Å²) in [7, 11) is 1.45. The van der Waals surface area contributed by atoms with Crippen molar-refractivity contribution in [2.45, 2.75) is 36.2 Å². The van der Waals surface area contributed by atoms with Crippen molar-refractivity contribution in [2.75, 3.05) is 47.5 Å². The van der Waals surface area contributed by atoms with Crippen LogP contribution < -0.4 is 4.74 Å². The van der Waals surface area contributed by atoms with E-state index in [1.807, 2.05) is 44.3 Å². The Morgan fingerprint density at radius 3 is 2.67 bits per heavy atom. The topological polar surface area (TPSA) is 118 Å². The SMILES string of the molecule is COc1cc(-c2ccc(C)cc2S(=O)(=O)c2cnc3[nH]cc(-c4ccc(C(=O)N(C)C[C@@H]5CCOC5)cc4)c3n2)cc2c1CN(C)CC2. The molecule has 1 N–H and O–H groups in total. The van der Waals surface area contributed by atoms with Crippen LogP contribution in [-0.2, 0) is 27.5 Å². The molecule has 1 fully saturated rings. The lowest BCUT2D eigenvalue weighted by Crippen LogP contribution is -2.32. The van der Waals surface area contributed by atoms with Crippen LogP contribution in [-0.4, -0.2) is 86.6 Å². The van der Waals surface area contributed by atoms with Crippen LogP contribution in [0.1, 0.15) is 33.5 Å². The summed E-state index contributed by atoms with van der Waals surface area (Å²) in [6.07, 6.45) is 4.88. The largest absolute Gasteiger partial charge is 0.496 e. The number of carbonyl (C=O) groups is 1. The van der Waals surface area contributed by atoms with E-state index in [1.165, 1.54) is 6.20 Å². The quantitative estimate of drug-likeness (QED) is 0.230. The number of rotatable bonds is 8. The molecule has 1 saturated heterocycles. The summed E-state index contributed by atoms with van der Waals surface area (Å²) in [5, 5.41) is -0.140. The highest BCUT2D eigenvalue weighted by molar-refractivity contribution is 7.91. The van der Waals surface area contributed by atoms with Crippen LogP contribution in [0, 0.1) is 12.8 Å². The lowest BCUT2D eigenvalue weighted by atomic mass is 9.93. The van der Waals surface area contributed by atoms with E-state index in [0.29, 0.717) is 46.9 Å². The van der Waals surface area contributed by atoms with E-state index >= 15 is 0 Å². The van der Waals surface area contributed by atoms with Crippen LogP contribution in [0.25, 0.3) is 33.4 Å². The van der Waals surface area contributed by atoms with Crippen LogP contribution in [0.4, 0.5) is 0 Å². The zero-order valence-electron chi connectivity index (χ0n) is 27.6. The van der Waals surface area contributed by atoms with Crippen molar-refractivity contribution in [1.29, 1.82) is 0 Å². The van der Waals surface area contributed by atoms with Crippen LogP contribution in [0.2, 0.25) is 0 Å². The summed E-state index contributed by atoms with van der Waals surface area (Å²) < 4.78 is 40.0. The van der Waals surface area contributed by atoms with Gasteiger partial charge in [0, 0.05) is 67.7 Å². The number of H-pyrrole nitrogens is 1.